The first-order valence-electron chi connectivity index (χ1n) is 6.34. The summed E-state index contributed by atoms with van der Waals surface area (Å²) in [6, 6.07) is 9.51. The zero-order valence-corrected chi connectivity index (χ0v) is 10.7. The first-order chi connectivity index (χ1) is 8.60. The monoisotopic (exact) mass is 248 g/mol. The lowest BCUT2D eigenvalue weighted by atomic mass is 9.92. The normalized spacial score (nSPS) is 23.1. The SMILES string of the molecule is CC(N)(C(=O)NC1CCCOC1)c1ccccc1. The fraction of sp³-hybridized carbons (Fsp3) is 0.500. The van der Waals surface area contributed by atoms with Gasteiger partial charge in [-0.1, -0.05) is 30.3 Å². The van der Waals surface area contributed by atoms with Gasteiger partial charge in [0.1, 0.15) is 5.54 Å². The summed E-state index contributed by atoms with van der Waals surface area (Å²) in [5.41, 5.74) is 5.96. The molecule has 1 saturated heterocycles. The van der Waals surface area contributed by atoms with Crippen LogP contribution in [-0.2, 0) is 15.1 Å². The van der Waals surface area contributed by atoms with E-state index in [1.54, 1.807) is 6.92 Å². The first kappa shape index (κ1) is 13.1. The molecule has 0 saturated carbocycles. The summed E-state index contributed by atoms with van der Waals surface area (Å²) in [7, 11) is 0. The maximum Gasteiger partial charge on any atom is 0.244 e. The van der Waals surface area contributed by atoms with Gasteiger partial charge in [-0.15, -0.1) is 0 Å². The Hall–Kier alpha value is -1.39. The minimum atomic E-state index is -1.00. The van der Waals surface area contributed by atoms with E-state index in [1.165, 1.54) is 0 Å². The number of amides is 1. The average molecular weight is 248 g/mol. The molecule has 1 aliphatic rings. The molecule has 1 amide bonds. The van der Waals surface area contributed by atoms with Gasteiger partial charge in [-0.3, -0.25) is 4.79 Å². The van der Waals surface area contributed by atoms with Crippen molar-refractivity contribution in [2.75, 3.05) is 13.2 Å². The number of hydrogen-bond donors (Lipinski definition) is 2. The molecule has 2 atom stereocenters. The van der Waals surface area contributed by atoms with Crippen molar-refractivity contribution >= 4 is 5.91 Å². The Labute approximate surface area is 108 Å². The predicted molar refractivity (Wildman–Crippen MR) is 70.0 cm³/mol. The van der Waals surface area contributed by atoms with Gasteiger partial charge in [-0.05, 0) is 25.3 Å². The minimum Gasteiger partial charge on any atom is -0.379 e. The number of carbonyl (C=O) groups excluding carboxylic acids is 1. The van der Waals surface area contributed by atoms with Crippen molar-refractivity contribution in [2.45, 2.75) is 31.3 Å². The Morgan fingerprint density at radius 2 is 2.17 bits per heavy atom. The van der Waals surface area contributed by atoms with E-state index in [4.69, 9.17) is 10.5 Å². The van der Waals surface area contributed by atoms with Crippen LogP contribution in [0.3, 0.4) is 0 Å². The van der Waals surface area contributed by atoms with E-state index in [2.05, 4.69) is 5.32 Å². The van der Waals surface area contributed by atoms with Gasteiger partial charge >= 0.3 is 0 Å². The maximum absolute atomic E-state index is 12.2. The van der Waals surface area contributed by atoms with E-state index in [0.717, 1.165) is 25.0 Å². The number of rotatable bonds is 3. The Balaban J connectivity index is 2.03. The molecule has 18 heavy (non-hydrogen) atoms. The minimum absolute atomic E-state index is 0.0813. The number of benzene rings is 1. The number of carbonyl (C=O) groups is 1. The standard InChI is InChI=1S/C14H20N2O2/c1-14(15,11-6-3-2-4-7-11)13(17)16-12-8-5-9-18-10-12/h2-4,6-7,12H,5,8-10,15H2,1H3,(H,16,17). The summed E-state index contributed by atoms with van der Waals surface area (Å²) in [4.78, 5) is 12.2. The number of nitrogens with one attached hydrogen (secondary N) is 1. The van der Waals surface area contributed by atoms with Crippen LogP contribution in [0.5, 0.6) is 0 Å². The lowest BCUT2D eigenvalue weighted by molar-refractivity contribution is -0.127. The second-order valence-corrected chi connectivity index (χ2v) is 4.96. The van der Waals surface area contributed by atoms with Crippen molar-refractivity contribution in [1.29, 1.82) is 0 Å². The van der Waals surface area contributed by atoms with Crippen LogP contribution in [0.25, 0.3) is 0 Å². The highest BCUT2D eigenvalue weighted by Crippen LogP contribution is 2.18. The van der Waals surface area contributed by atoms with Crippen molar-refractivity contribution in [3.8, 4) is 0 Å². The molecule has 2 rings (SSSR count). The third-order valence-corrected chi connectivity index (χ3v) is 3.34. The van der Waals surface area contributed by atoms with Crippen LogP contribution in [-0.4, -0.2) is 25.2 Å². The topological polar surface area (TPSA) is 64.4 Å². The van der Waals surface area contributed by atoms with E-state index in [9.17, 15) is 4.79 Å². The summed E-state index contributed by atoms with van der Waals surface area (Å²) >= 11 is 0. The molecule has 1 heterocycles. The van der Waals surface area contributed by atoms with Crippen LogP contribution >= 0.6 is 0 Å². The van der Waals surface area contributed by atoms with Crippen LogP contribution in [0.1, 0.15) is 25.3 Å². The number of nitrogens with two attached hydrogens (primary N) is 1. The second-order valence-electron chi connectivity index (χ2n) is 4.96. The van der Waals surface area contributed by atoms with E-state index in [-0.39, 0.29) is 11.9 Å². The van der Waals surface area contributed by atoms with Gasteiger partial charge in [-0.25, -0.2) is 0 Å². The molecule has 4 nitrogen and oxygen atoms in total. The molecule has 0 radical (unpaired) electrons. The van der Waals surface area contributed by atoms with Crippen LogP contribution in [0.15, 0.2) is 30.3 Å². The van der Waals surface area contributed by atoms with Gasteiger partial charge in [0.05, 0.1) is 12.6 Å². The van der Waals surface area contributed by atoms with Crippen molar-refractivity contribution in [3.63, 3.8) is 0 Å². The van der Waals surface area contributed by atoms with Crippen LogP contribution in [0.4, 0.5) is 0 Å². The molecule has 0 aromatic heterocycles. The van der Waals surface area contributed by atoms with Gasteiger partial charge in [-0.2, -0.15) is 0 Å². The molecule has 0 bridgehead atoms. The van der Waals surface area contributed by atoms with Crippen molar-refractivity contribution in [1.82, 2.24) is 5.32 Å². The zero-order chi connectivity index (χ0) is 13.0. The fourth-order valence-electron chi connectivity index (χ4n) is 2.11. The van der Waals surface area contributed by atoms with Gasteiger partial charge in [0, 0.05) is 6.61 Å². The Bertz CT molecular complexity index is 398. The third-order valence-electron chi connectivity index (χ3n) is 3.34. The lowest BCUT2D eigenvalue weighted by Gasteiger charge is -2.29. The highest BCUT2D eigenvalue weighted by atomic mass is 16.5. The highest BCUT2D eigenvalue weighted by molar-refractivity contribution is 5.87. The molecule has 98 valence electrons. The van der Waals surface area contributed by atoms with Gasteiger partial charge < -0.3 is 15.8 Å². The molecule has 0 spiro atoms. The number of hydrogen-bond acceptors (Lipinski definition) is 3. The Kier molecular flexibility index (Phi) is 3.99. The van der Waals surface area contributed by atoms with E-state index < -0.39 is 5.54 Å². The van der Waals surface area contributed by atoms with E-state index >= 15 is 0 Å². The molecular formula is C14H20N2O2. The molecular weight excluding hydrogens is 228 g/mol. The van der Waals surface area contributed by atoms with Gasteiger partial charge in [0.25, 0.3) is 0 Å². The van der Waals surface area contributed by atoms with E-state index in [1.807, 2.05) is 30.3 Å². The fourth-order valence-corrected chi connectivity index (χ4v) is 2.11. The molecule has 3 N–H and O–H groups in total. The summed E-state index contributed by atoms with van der Waals surface area (Å²) in [5, 5.41) is 2.97. The third kappa shape index (κ3) is 2.89. The predicted octanol–water partition coefficient (Wildman–Crippen LogP) is 1.16. The first-order valence-corrected chi connectivity index (χ1v) is 6.34. The summed E-state index contributed by atoms with van der Waals surface area (Å²) in [6.07, 6.45) is 1.94. The second kappa shape index (κ2) is 5.50. The van der Waals surface area contributed by atoms with Crippen molar-refractivity contribution < 1.29 is 9.53 Å². The van der Waals surface area contributed by atoms with Gasteiger partial charge in [0.2, 0.25) is 5.91 Å². The van der Waals surface area contributed by atoms with Crippen LogP contribution in [0.2, 0.25) is 0 Å². The molecule has 1 aromatic rings. The summed E-state index contributed by atoms with van der Waals surface area (Å²) in [5.74, 6) is -0.149. The van der Waals surface area contributed by atoms with Crippen molar-refractivity contribution in [2.24, 2.45) is 5.73 Å². The highest BCUT2D eigenvalue weighted by Gasteiger charge is 2.32. The zero-order valence-electron chi connectivity index (χ0n) is 10.7. The van der Waals surface area contributed by atoms with Crippen LogP contribution in [0, 0.1) is 0 Å². The molecule has 1 aromatic carbocycles. The average Bonchev–Trinajstić information content (AvgIpc) is 2.41. The van der Waals surface area contributed by atoms with Crippen LogP contribution < -0.4 is 11.1 Å². The molecule has 1 aliphatic heterocycles. The molecule has 1 fully saturated rings. The van der Waals surface area contributed by atoms with E-state index in [0.29, 0.717) is 6.61 Å². The smallest absolute Gasteiger partial charge is 0.244 e. The molecule has 0 aliphatic carbocycles. The maximum atomic E-state index is 12.2. The quantitative estimate of drug-likeness (QED) is 0.843. The number of ether oxygens (including phenoxy) is 1. The lowest BCUT2D eigenvalue weighted by Crippen LogP contribution is -2.53. The largest absolute Gasteiger partial charge is 0.379 e. The Morgan fingerprint density at radius 3 is 2.78 bits per heavy atom. The van der Waals surface area contributed by atoms with Crippen molar-refractivity contribution in [3.05, 3.63) is 35.9 Å². The summed E-state index contributed by atoms with van der Waals surface area (Å²) in [6.45, 7) is 3.10. The Morgan fingerprint density at radius 1 is 1.44 bits per heavy atom. The molecule has 4 heteroatoms. The molecule has 2 unspecified atom stereocenters. The van der Waals surface area contributed by atoms with Gasteiger partial charge in [0.15, 0.2) is 0 Å². The summed E-state index contributed by atoms with van der Waals surface area (Å²) < 4.78 is 5.35.